The second kappa shape index (κ2) is 4.13. The van der Waals surface area contributed by atoms with Crippen molar-refractivity contribution in [1.82, 2.24) is 5.06 Å². The van der Waals surface area contributed by atoms with Crippen molar-refractivity contribution in [2.75, 3.05) is 6.54 Å². The van der Waals surface area contributed by atoms with E-state index in [4.69, 9.17) is 4.84 Å². The number of hydrogen-bond acceptors (Lipinski definition) is 3. The van der Waals surface area contributed by atoms with Crippen LogP contribution in [-0.4, -0.2) is 23.5 Å². The summed E-state index contributed by atoms with van der Waals surface area (Å²) in [5, 5.41) is 1.13. The standard InChI is InChI=1S/C11H11NO3/c13-10-7-4-8-12(10)15-11(14)9-5-2-1-3-6-9/h1-3,5-6H,4,7-8H2. The van der Waals surface area contributed by atoms with Crippen molar-refractivity contribution in [2.24, 2.45) is 0 Å². The predicted octanol–water partition coefficient (Wildman–Crippen LogP) is 1.38. The first kappa shape index (κ1) is 9.71. The van der Waals surface area contributed by atoms with E-state index in [1.807, 2.05) is 6.07 Å². The fourth-order valence-electron chi connectivity index (χ4n) is 1.45. The summed E-state index contributed by atoms with van der Waals surface area (Å²) in [6.07, 6.45) is 1.21. The molecule has 0 N–H and O–H groups in total. The fourth-order valence-corrected chi connectivity index (χ4v) is 1.45. The van der Waals surface area contributed by atoms with Crippen molar-refractivity contribution >= 4 is 11.9 Å². The Bertz CT molecular complexity index is 375. The molecule has 1 saturated heterocycles. The van der Waals surface area contributed by atoms with E-state index in [9.17, 15) is 9.59 Å². The quantitative estimate of drug-likeness (QED) is 0.732. The fraction of sp³-hybridized carbons (Fsp3) is 0.273. The van der Waals surface area contributed by atoms with Crippen molar-refractivity contribution in [3.63, 3.8) is 0 Å². The highest BCUT2D eigenvalue weighted by Crippen LogP contribution is 2.12. The molecule has 1 aromatic rings. The van der Waals surface area contributed by atoms with Gasteiger partial charge in [-0.1, -0.05) is 18.2 Å². The van der Waals surface area contributed by atoms with Crippen LogP contribution in [0.5, 0.6) is 0 Å². The largest absolute Gasteiger partial charge is 0.363 e. The Hall–Kier alpha value is -1.84. The lowest BCUT2D eigenvalue weighted by Gasteiger charge is -2.13. The number of hydrogen-bond donors (Lipinski definition) is 0. The van der Waals surface area contributed by atoms with Gasteiger partial charge in [0, 0.05) is 6.42 Å². The normalized spacial score (nSPS) is 15.5. The molecule has 4 heteroatoms. The molecule has 1 amide bonds. The average molecular weight is 205 g/mol. The summed E-state index contributed by atoms with van der Waals surface area (Å²) in [7, 11) is 0. The van der Waals surface area contributed by atoms with Crippen LogP contribution in [0.1, 0.15) is 23.2 Å². The van der Waals surface area contributed by atoms with Gasteiger partial charge in [0.25, 0.3) is 5.91 Å². The van der Waals surface area contributed by atoms with Gasteiger partial charge >= 0.3 is 5.97 Å². The van der Waals surface area contributed by atoms with E-state index in [0.717, 1.165) is 11.5 Å². The Balaban J connectivity index is 2.01. The maximum atomic E-state index is 11.5. The highest BCUT2D eigenvalue weighted by Gasteiger charge is 2.24. The molecule has 1 fully saturated rings. The molecule has 4 nitrogen and oxygen atoms in total. The summed E-state index contributed by atoms with van der Waals surface area (Å²) < 4.78 is 0. The Morgan fingerprint density at radius 3 is 2.60 bits per heavy atom. The first-order chi connectivity index (χ1) is 7.27. The molecule has 0 radical (unpaired) electrons. The lowest BCUT2D eigenvalue weighted by Crippen LogP contribution is -2.28. The summed E-state index contributed by atoms with van der Waals surface area (Å²) in [5.41, 5.74) is 0.456. The minimum Gasteiger partial charge on any atom is -0.333 e. The smallest absolute Gasteiger partial charge is 0.333 e. The van der Waals surface area contributed by atoms with Crippen molar-refractivity contribution in [3.8, 4) is 0 Å². The summed E-state index contributed by atoms with van der Waals surface area (Å²) in [6.45, 7) is 0.497. The van der Waals surface area contributed by atoms with E-state index in [1.165, 1.54) is 0 Å². The van der Waals surface area contributed by atoms with Crippen LogP contribution in [0, 0.1) is 0 Å². The Kier molecular flexibility index (Phi) is 2.67. The van der Waals surface area contributed by atoms with Crippen LogP contribution < -0.4 is 0 Å². The molecule has 2 rings (SSSR count). The van der Waals surface area contributed by atoms with E-state index < -0.39 is 5.97 Å². The second-order valence-electron chi connectivity index (χ2n) is 3.34. The molecule has 1 aliphatic rings. The monoisotopic (exact) mass is 205 g/mol. The van der Waals surface area contributed by atoms with Gasteiger partial charge in [0.15, 0.2) is 0 Å². The Morgan fingerprint density at radius 1 is 1.27 bits per heavy atom. The summed E-state index contributed by atoms with van der Waals surface area (Å²) in [4.78, 5) is 27.7. The number of carbonyl (C=O) groups excluding carboxylic acids is 2. The molecule has 0 bridgehead atoms. The minimum absolute atomic E-state index is 0.126. The highest BCUT2D eigenvalue weighted by molar-refractivity contribution is 5.90. The van der Waals surface area contributed by atoms with Crippen molar-refractivity contribution in [2.45, 2.75) is 12.8 Å². The molecule has 1 aromatic carbocycles. The van der Waals surface area contributed by atoms with Crippen molar-refractivity contribution < 1.29 is 14.4 Å². The number of nitrogens with zero attached hydrogens (tertiary/aromatic N) is 1. The molecule has 1 heterocycles. The predicted molar refractivity (Wildman–Crippen MR) is 52.8 cm³/mol. The van der Waals surface area contributed by atoms with Gasteiger partial charge in [-0.2, -0.15) is 5.06 Å². The van der Waals surface area contributed by atoms with Gasteiger partial charge in [0.05, 0.1) is 12.1 Å². The molecule has 15 heavy (non-hydrogen) atoms. The van der Waals surface area contributed by atoms with E-state index in [-0.39, 0.29) is 5.91 Å². The molecule has 0 saturated carbocycles. The van der Waals surface area contributed by atoms with Crippen LogP contribution in [0.2, 0.25) is 0 Å². The van der Waals surface area contributed by atoms with Gasteiger partial charge in [-0.15, -0.1) is 0 Å². The lowest BCUT2D eigenvalue weighted by atomic mass is 10.2. The number of hydroxylamine groups is 2. The van der Waals surface area contributed by atoms with E-state index in [2.05, 4.69) is 0 Å². The van der Waals surface area contributed by atoms with E-state index >= 15 is 0 Å². The molecular formula is C11H11NO3. The molecule has 78 valence electrons. The Morgan fingerprint density at radius 2 is 2.00 bits per heavy atom. The van der Waals surface area contributed by atoms with Crippen LogP contribution in [-0.2, 0) is 9.63 Å². The summed E-state index contributed by atoms with van der Waals surface area (Å²) in [6, 6.07) is 8.63. The zero-order valence-corrected chi connectivity index (χ0v) is 8.18. The molecule has 0 unspecified atom stereocenters. The van der Waals surface area contributed by atoms with Crippen LogP contribution in [0.4, 0.5) is 0 Å². The van der Waals surface area contributed by atoms with Crippen molar-refractivity contribution in [3.05, 3.63) is 35.9 Å². The zero-order valence-electron chi connectivity index (χ0n) is 8.18. The van der Waals surface area contributed by atoms with E-state index in [1.54, 1.807) is 24.3 Å². The second-order valence-corrected chi connectivity index (χ2v) is 3.34. The third-order valence-electron chi connectivity index (χ3n) is 2.23. The van der Waals surface area contributed by atoms with Gasteiger partial charge < -0.3 is 4.84 Å². The van der Waals surface area contributed by atoms with Crippen molar-refractivity contribution in [1.29, 1.82) is 0 Å². The Labute approximate surface area is 87.4 Å². The number of amides is 1. The molecule has 1 aliphatic heterocycles. The van der Waals surface area contributed by atoms with Crippen LogP contribution in [0.25, 0.3) is 0 Å². The third-order valence-corrected chi connectivity index (χ3v) is 2.23. The molecule has 0 atom stereocenters. The number of rotatable bonds is 2. The topological polar surface area (TPSA) is 46.6 Å². The lowest BCUT2D eigenvalue weighted by molar-refractivity contribution is -0.159. The molecular weight excluding hydrogens is 194 g/mol. The first-order valence-electron chi connectivity index (χ1n) is 4.85. The first-order valence-corrected chi connectivity index (χ1v) is 4.85. The minimum atomic E-state index is -0.481. The average Bonchev–Trinajstić information content (AvgIpc) is 2.66. The van der Waals surface area contributed by atoms with Gasteiger partial charge in [0.1, 0.15) is 0 Å². The van der Waals surface area contributed by atoms with Crippen LogP contribution in [0.15, 0.2) is 30.3 Å². The highest BCUT2D eigenvalue weighted by atomic mass is 16.7. The maximum Gasteiger partial charge on any atom is 0.363 e. The summed E-state index contributed by atoms with van der Waals surface area (Å²) >= 11 is 0. The van der Waals surface area contributed by atoms with Crippen LogP contribution in [0.3, 0.4) is 0 Å². The maximum absolute atomic E-state index is 11.5. The SMILES string of the molecule is O=C(ON1CCCC1=O)c1ccccc1. The van der Waals surface area contributed by atoms with Gasteiger partial charge in [-0.05, 0) is 18.6 Å². The number of carbonyl (C=O) groups is 2. The molecule has 0 spiro atoms. The van der Waals surface area contributed by atoms with E-state index in [0.29, 0.717) is 18.5 Å². The number of benzene rings is 1. The van der Waals surface area contributed by atoms with Gasteiger partial charge in [-0.25, -0.2) is 4.79 Å². The molecule has 0 aliphatic carbocycles. The van der Waals surface area contributed by atoms with Gasteiger partial charge in [-0.3, -0.25) is 4.79 Å². The third kappa shape index (κ3) is 2.15. The molecule has 0 aromatic heterocycles. The van der Waals surface area contributed by atoms with Gasteiger partial charge in [0.2, 0.25) is 0 Å². The summed E-state index contributed by atoms with van der Waals surface area (Å²) in [5.74, 6) is -0.606. The zero-order chi connectivity index (χ0) is 10.7. The van der Waals surface area contributed by atoms with Crippen LogP contribution >= 0.6 is 0 Å².